The number of hydrogen-bond acceptors (Lipinski definition) is 3. The maximum Gasteiger partial charge on any atom is 0.245 e. The molecule has 0 atom stereocenters. The predicted octanol–water partition coefficient (Wildman–Crippen LogP) is 0.893. The maximum absolute atomic E-state index is 13.1. The second-order valence-electron chi connectivity index (χ2n) is 6.55. The van der Waals surface area contributed by atoms with E-state index in [0.29, 0.717) is 13.1 Å². The van der Waals surface area contributed by atoms with Gasteiger partial charge in [0.2, 0.25) is 11.8 Å². The molecule has 0 aromatic rings. The molecule has 0 saturated carbocycles. The van der Waals surface area contributed by atoms with E-state index in [1.165, 1.54) is 0 Å². The first-order chi connectivity index (χ1) is 9.44. The Morgan fingerprint density at radius 3 is 2.50 bits per heavy atom. The van der Waals surface area contributed by atoms with Crippen molar-refractivity contribution in [1.29, 1.82) is 0 Å². The van der Waals surface area contributed by atoms with Crippen LogP contribution in [0.15, 0.2) is 0 Å². The molecule has 0 bridgehead atoms. The van der Waals surface area contributed by atoms with Crippen LogP contribution < -0.4 is 10.6 Å². The van der Waals surface area contributed by atoms with Crippen molar-refractivity contribution in [3.8, 4) is 0 Å². The van der Waals surface area contributed by atoms with Crippen LogP contribution in [0.1, 0.15) is 46.5 Å². The van der Waals surface area contributed by atoms with Crippen molar-refractivity contribution in [3.05, 3.63) is 0 Å². The third-order valence-electron chi connectivity index (χ3n) is 4.84. The Morgan fingerprint density at radius 2 is 1.90 bits per heavy atom. The van der Waals surface area contributed by atoms with Gasteiger partial charge in [0, 0.05) is 13.1 Å². The molecule has 20 heavy (non-hydrogen) atoms. The molecule has 5 nitrogen and oxygen atoms in total. The molecular formula is C15H27N3O2. The van der Waals surface area contributed by atoms with E-state index >= 15 is 0 Å². The van der Waals surface area contributed by atoms with Gasteiger partial charge in [-0.15, -0.1) is 0 Å². The fraction of sp³-hybridized carbons (Fsp3) is 0.867. The van der Waals surface area contributed by atoms with Crippen LogP contribution in [0.25, 0.3) is 0 Å². The van der Waals surface area contributed by atoms with Crippen molar-refractivity contribution in [2.75, 3.05) is 26.2 Å². The second kappa shape index (κ2) is 5.72. The third kappa shape index (κ3) is 2.55. The van der Waals surface area contributed by atoms with Gasteiger partial charge in [0.25, 0.3) is 0 Å². The molecule has 2 saturated heterocycles. The van der Waals surface area contributed by atoms with Crippen LogP contribution in [0.2, 0.25) is 0 Å². The number of carbonyl (C=O) groups excluding carboxylic acids is 2. The molecular weight excluding hydrogens is 254 g/mol. The average molecular weight is 281 g/mol. The zero-order valence-corrected chi connectivity index (χ0v) is 12.9. The summed E-state index contributed by atoms with van der Waals surface area (Å²) in [7, 11) is 0. The molecule has 2 aliphatic rings. The van der Waals surface area contributed by atoms with Crippen LogP contribution in [0, 0.1) is 5.41 Å². The van der Waals surface area contributed by atoms with E-state index in [2.05, 4.69) is 17.6 Å². The van der Waals surface area contributed by atoms with Gasteiger partial charge in [0.05, 0.1) is 5.41 Å². The van der Waals surface area contributed by atoms with Crippen LogP contribution in [0.3, 0.4) is 0 Å². The predicted molar refractivity (Wildman–Crippen MR) is 78.2 cm³/mol. The Balaban J connectivity index is 2.24. The highest BCUT2D eigenvalue weighted by Crippen LogP contribution is 2.38. The van der Waals surface area contributed by atoms with E-state index in [9.17, 15) is 9.59 Å². The van der Waals surface area contributed by atoms with Gasteiger partial charge in [-0.25, -0.2) is 0 Å². The van der Waals surface area contributed by atoms with Crippen molar-refractivity contribution in [1.82, 2.24) is 15.5 Å². The van der Waals surface area contributed by atoms with Crippen molar-refractivity contribution >= 4 is 11.8 Å². The van der Waals surface area contributed by atoms with Crippen molar-refractivity contribution in [2.45, 2.75) is 52.0 Å². The zero-order valence-electron chi connectivity index (χ0n) is 12.9. The van der Waals surface area contributed by atoms with Crippen LogP contribution in [0.4, 0.5) is 0 Å². The molecule has 2 N–H and O–H groups in total. The summed E-state index contributed by atoms with van der Waals surface area (Å²) in [6.45, 7) is 8.80. The summed E-state index contributed by atoms with van der Waals surface area (Å²) in [6, 6.07) is 0. The van der Waals surface area contributed by atoms with E-state index in [1.807, 2.05) is 18.7 Å². The monoisotopic (exact) mass is 281 g/mol. The topological polar surface area (TPSA) is 61.4 Å². The number of amides is 2. The Bertz CT molecular complexity index is 381. The quantitative estimate of drug-likeness (QED) is 0.808. The lowest BCUT2D eigenvalue weighted by Crippen LogP contribution is -2.66. The summed E-state index contributed by atoms with van der Waals surface area (Å²) in [6.07, 6.45) is 3.69. The summed E-state index contributed by atoms with van der Waals surface area (Å²) in [5, 5.41) is 6.19. The lowest BCUT2D eigenvalue weighted by atomic mass is 9.73. The second-order valence-corrected chi connectivity index (χ2v) is 6.55. The highest BCUT2D eigenvalue weighted by atomic mass is 16.2. The molecule has 114 valence electrons. The van der Waals surface area contributed by atoms with E-state index in [4.69, 9.17) is 0 Å². The van der Waals surface area contributed by atoms with Gasteiger partial charge in [-0.05, 0) is 46.2 Å². The fourth-order valence-electron chi connectivity index (χ4n) is 3.50. The van der Waals surface area contributed by atoms with Gasteiger partial charge < -0.3 is 15.5 Å². The van der Waals surface area contributed by atoms with Gasteiger partial charge in [0.15, 0.2) is 0 Å². The van der Waals surface area contributed by atoms with E-state index < -0.39 is 5.54 Å². The molecule has 2 aliphatic heterocycles. The molecule has 0 radical (unpaired) electrons. The third-order valence-corrected chi connectivity index (χ3v) is 4.84. The molecule has 2 fully saturated rings. The molecule has 2 amide bonds. The van der Waals surface area contributed by atoms with Gasteiger partial charge in [0.1, 0.15) is 5.54 Å². The number of nitrogens with one attached hydrogen (secondary N) is 2. The summed E-state index contributed by atoms with van der Waals surface area (Å²) in [4.78, 5) is 27.0. The Morgan fingerprint density at radius 1 is 1.25 bits per heavy atom. The van der Waals surface area contributed by atoms with E-state index in [0.717, 1.165) is 38.8 Å². The first-order valence-electron chi connectivity index (χ1n) is 7.75. The molecule has 0 aliphatic carbocycles. The average Bonchev–Trinajstić information content (AvgIpc) is 2.42. The number of piperazine rings is 1. The number of nitrogens with zero attached hydrogens (tertiary/aromatic N) is 1. The maximum atomic E-state index is 13.1. The first kappa shape index (κ1) is 15.3. The van der Waals surface area contributed by atoms with Gasteiger partial charge in [-0.1, -0.05) is 13.3 Å². The van der Waals surface area contributed by atoms with Crippen molar-refractivity contribution in [2.24, 2.45) is 5.41 Å². The van der Waals surface area contributed by atoms with Crippen molar-refractivity contribution in [3.63, 3.8) is 0 Å². The smallest absolute Gasteiger partial charge is 0.245 e. The van der Waals surface area contributed by atoms with Crippen molar-refractivity contribution < 1.29 is 9.59 Å². The van der Waals surface area contributed by atoms with Gasteiger partial charge >= 0.3 is 0 Å². The number of rotatable bonds is 3. The highest BCUT2D eigenvalue weighted by Gasteiger charge is 2.48. The molecule has 0 unspecified atom stereocenters. The lowest BCUT2D eigenvalue weighted by molar-refractivity contribution is -0.158. The number of piperidine rings is 1. The summed E-state index contributed by atoms with van der Waals surface area (Å²) >= 11 is 0. The SMILES string of the molecule is CCCC1(C(=O)N2CCNC(=O)C2(C)C)CCNCC1. The molecule has 0 aromatic carbocycles. The highest BCUT2D eigenvalue weighted by molar-refractivity contribution is 5.93. The molecule has 5 heteroatoms. The molecule has 0 aromatic heterocycles. The minimum Gasteiger partial charge on any atom is -0.352 e. The summed E-state index contributed by atoms with van der Waals surface area (Å²) in [5.41, 5.74) is -1.00. The Hall–Kier alpha value is -1.10. The molecule has 2 heterocycles. The Kier molecular flexibility index (Phi) is 4.37. The normalized spacial score (nSPS) is 25.1. The van der Waals surface area contributed by atoms with Crippen LogP contribution in [-0.2, 0) is 9.59 Å². The minimum atomic E-state index is -0.735. The Labute approximate surface area is 121 Å². The standard InChI is InChI=1S/C15H27N3O2/c1-4-5-15(6-8-16-9-7-15)13(20)18-11-10-17-12(19)14(18,2)3/h16H,4-11H2,1-3H3,(H,17,19). The van der Waals surface area contributed by atoms with Gasteiger partial charge in [-0.3, -0.25) is 9.59 Å². The lowest BCUT2D eigenvalue weighted by Gasteiger charge is -2.47. The minimum absolute atomic E-state index is 0.0438. The first-order valence-corrected chi connectivity index (χ1v) is 7.75. The fourth-order valence-corrected chi connectivity index (χ4v) is 3.50. The number of hydrogen-bond donors (Lipinski definition) is 2. The zero-order chi connectivity index (χ0) is 14.8. The van der Waals surface area contributed by atoms with E-state index in [1.54, 1.807) is 0 Å². The van der Waals surface area contributed by atoms with Crippen LogP contribution in [-0.4, -0.2) is 48.4 Å². The van der Waals surface area contributed by atoms with Gasteiger partial charge in [-0.2, -0.15) is 0 Å². The summed E-state index contributed by atoms with van der Waals surface area (Å²) in [5.74, 6) is 0.137. The molecule has 2 rings (SSSR count). The largest absolute Gasteiger partial charge is 0.352 e. The van der Waals surface area contributed by atoms with Crippen LogP contribution >= 0.6 is 0 Å². The van der Waals surface area contributed by atoms with Crippen LogP contribution in [0.5, 0.6) is 0 Å². The van der Waals surface area contributed by atoms with E-state index in [-0.39, 0.29) is 17.2 Å². The summed E-state index contributed by atoms with van der Waals surface area (Å²) < 4.78 is 0. The molecule has 0 spiro atoms. The number of carbonyl (C=O) groups is 2.